The Balaban J connectivity index is 1.38. The van der Waals surface area contributed by atoms with Crippen molar-refractivity contribution in [3.8, 4) is 28.6 Å². The Hall–Kier alpha value is -3.19. The van der Waals surface area contributed by atoms with Crippen molar-refractivity contribution in [2.75, 3.05) is 13.2 Å². The van der Waals surface area contributed by atoms with Gasteiger partial charge in [-0.3, -0.25) is 0 Å². The van der Waals surface area contributed by atoms with E-state index in [2.05, 4.69) is 36.9 Å². The highest BCUT2D eigenvalue weighted by Gasteiger charge is 2.18. The molecule has 1 aromatic heterocycles. The minimum absolute atomic E-state index is 0.408. The van der Waals surface area contributed by atoms with E-state index in [4.69, 9.17) is 14.2 Å². The fourth-order valence-electron chi connectivity index (χ4n) is 4.81. The Kier molecular flexibility index (Phi) is 14.6. The fraction of sp³-hybridized carbons (Fsp3) is 0.514. The molecule has 7 heteroatoms. The number of aromatic nitrogens is 2. The first kappa shape index (κ1) is 33.3. The molecule has 0 radical (unpaired) electrons. The van der Waals surface area contributed by atoms with Gasteiger partial charge in [0.25, 0.3) is 0 Å². The molecule has 0 bridgehead atoms. The molecule has 3 rings (SSSR count). The highest BCUT2D eigenvalue weighted by Crippen LogP contribution is 2.23. The summed E-state index contributed by atoms with van der Waals surface area (Å²) in [6, 6.07) is 17.1. The fourth-order valence-corrected chi connectivity index (χ4v) is 7.58. The van der Waals surface area contributed by atoms with Crippen LogP contribution in [-0.2, 0) is 0 Å². The summed E-state index contributed by atoms with van der Waals surface area (Å²) < 4.78 is 17.2. The largest absolute Gasteiger partial charge is 0.494 e. The zero-order chi connectivity index (χ0) is 30.0. The predicted octanol–water partition coefficient (Wildman–Crippen LogP) is 9.77. The number of ether oxygens (including phenoxy) is 3. The van der Waals surface area contributed by atoms with Gasteiger partial charge >= 0.3 is 5.97 Å². The van der Waals surface area contributed by atoms with Gasteiger partial charge < -0.3 is 14.2 Å². The van der Waals surface area contributed by atoms with E-state index < -0.39 is 14.0 Å². The Morgan fingerprint density at radius 1 is 0.643 bits per heavy atom. The summed E-state index contributed by atoms with van der Waals surface area (Å²) in [4.78, 5) is 21.5. The molecule has 0 saturated heterocycles. The summed E-state index contributed by atoms with van der Waals surface area (Å²) in [5.41, 5.74) is 1.32. The third-order valence-corrected chi connectivity index (χ3v) is 10.9. The minimum Gasteiger partial charge on any atom is -0.494 e. The molecule has 0 saturated carbocycles. The normalized spacial score (nSPS) is 11.3. The third kappa shape index (κ3) is 12.4. The molecule has 0 aliphatic rings. The Labute approximate surface area is 254 Å². The topological polar surface area (TPSA) is 70.5 Å². The second-order valence-corrected chi connectivity index (χ2v) is 17.2. The summed E-state index contributed by atoms with van der Waals surface area (Å²) in [6.45, 7) is 10.9. The van der Waals surface area contributed by atoms with Crippen LogP contribution >= 0.6 is 0 Å². The number of unbranched alkanes of at least 4 members (excludes halogenated alkanes) is 7. The van der Waals surface area contributed by atoms with E-state index in [1.807, 2.05) is 24.3 Å². The number of carbonyl (C=O) groups excluding carboxylic acids is 1. The summed E-state index contributed by atoms with van der Waals surface area (Å²) in [5.74, 6) is 2.11. The maximum Gasteiger partial charge on any atom is 0.343 e. The lowest BCUT2D eigenvalue weighted by Crippen LogP contribution is -2.24. The third-order valence-electron chi connectivity index (χ3n) is 7.53. The van der Waals surface area contributed by atoms with Gasteiger partial charge in [0.2, 0.25) is 0 Å². The van der Waals surface area contributed by atoms with Crippen molar-refractivity contribution in [2.24, 2.45) is 0 Å². The van der Waals surface area contributed by atoms with E-state index in [1.165, 1.54) is 63.5 Å². The van der Waals surface area contributed by atoms with E-state index in [0.29, 0.717) is 36.1 Å². The van der Waals surface area contributed by atoms with E-state index >= 15 is 0 Å². The van der Waals surface area contributed by atoms with Crippen molar-refractivity contribution in [3.63, 3.8) is 0 Å². The first-order chi connectivity index (χ1) is 20.4. The minimum atomic E-state index is -1.05. The van der Waals surface area contributed by atoms with Gasteiger partial charge in [-0.25, -0.2) is 14.8 Å². The van der Waals surface area contributed by atoms with Crippen LogP contribution in [0.25, 0.3) is 11.4 Å². The molecule has 3 aromatic rings. The zero-order valence-electron chi connectivity index (χ0n) is 26.2. The van der Waals surface area contributed by atoms with Gasteiger partial charge in [0.05, 0.1) is 31.2 Å². The smallest absolute Gasteiger partial charge is 0.343 e. The number of carbonyl (C=O) groups is 1. The van der Waals surface area contributed by atoms with Crippen LogP contribution in [0.5, 0.6) is 17.2 Å². The van der Waals surface area contributed by atoms with Crippen molar-refractivity contribution >= 4 is 14.0 Å². The first-order valence-electron chi connectivity index (χ1n) is 15.9. The molecule has 228 valence electrons. The summed E-state index contributed by atoms with van der Waals surface area (Å²) >= 11 is 0. The standard InChI is InChI=1S/C35H50N2O4Si/c1-5-7-9-10-11-12-23-39-31-19-17-30(18-20-31)35(38)41-32-21-15-29(16-22-32)34-36-27-33(28-37-34)40-24-13-14-26-42(3,4)25-8-6-2/h15-22,27-28H,5-14,23-26H2,1-4H3. The molecule has 0 atom stereocenters. The summed E-state index contributed by atoms with van der Waals surface area (Å²) in [6.07, 6.45) is 15.7. The molecule has 0 amide bonds. The molecule has 42 heavy (non-hydrogen) atoms. The van der Waals surface area contributed by atoms with Gasteiger partial charge in [0.15, 0.2) is 11.6 Å². The average Bonchev–Trinajstić information content (AvgIpc) is 3.00. The Morgan fingerprint density at radius 3 is 1.86 bits per heavy atom. The number of hydrogen-bond donors (Lipinski definition) is 0. The lowest BCUT2D eigenvalue weighted by molar-refractivity contribution is 0.0734. The van der Waals surface area contributed by atoms with Gasteiger partial charge in [-0.1, -0.05) is 90.4 Å². The van der Waals surface area contributed by atoms with Crippen LogP contribution in [0.3, 0.4) is 0 Å². The Morgan fingerprint density at radius 2 is 1.19 bits per heavy atom. The highest BCUT2D eigenvalue weighted by atomic mass is 28.3. The number of rotatable bonds is 20. The van der Waals surface area contributed by atoms with E-state index in [0.717, 1.165) is 24.2 Å². The van der Waals surface area contributed by atoms with Crippen LogP contribution in [0.4, 0.5) is 0 Å². The molecule has 6 nitrogen and oxygen atoms in total. The average molecular weight is 591 g/mol. The molecule has 0 aliphatic carbocycles. The summed E-state index contributed by atoms with van der Waals surface area (Å²) in [5, 5.41) is 0. The molecule has 2 aromatic carbocycles. The van der Waals surface area contributed by atoms with Crippen molar-refractivity contribution < 1.29 is 19.0 Å². The van der Waals surface area contributed by atoms with Crippen molar-refractivity contribution in [3.05, 3.63) is 66.5 Å². The van der Waals surface area contributed by atoms with Crippen LogP contribution in [0.15, 0.2) is 60.9 Å². The van der Waals surface area contributed by atoms with Crippen LogP contribution in [0.1, 0.15) is 88.4 Å². The van der Waals surface area contributed by atoms with Gasteiger partial charge in [0, 0.05) is 13.6 Å². The second-order valence-electron chi connectivity index (χ2n) is 11.9. The molecule has 1 heterocycles. The molecule has 0 N–H and O–H groups in total. The van der Waals surface area contributed by atoms with Crippen LogP contribution < -0.4 is 14.2 Å². The molecule has 0 spiro atoms. The monoisotopic (exact) mass is 590 g/mol. The van der Waals surface area contributed by atoms with Crippen LogP contribution in [0.2, 0.25) is 25.2 Å². The lowest BCUT2D eigenvalue weighted by atomic mass is 10.1. The molecule has 0 unspecified atom stereocenters. The number of nitrogens with zero attached hydrogens (tertiary/aromatic N) is 2. The maximum absolute atomic E-state index is 12.6. The van der Waals surface area contributed by atoms with E-state index in [9.17, 15) is 4.79 Å². The van der Waals surface area contributed by atoms with Crippen molar-refractivity contribution in [1.29, 1.82) is 0 Å². The first-order valence-corrected chi connectivity index (χ1v) is 19.3. The SMILES string of the molecule is CCCCCCCCOc1ccc(C(=O)Oc2ccc(-c3ncc(OCCCC[Si](C)(C)CCCC)cn3)cc2)cc1. The van der Waals surface area contributed by atoms with Crippen LogP contribution in [0, 0.1) is 0 Å². The van der Waals surface area contributed by atoms with E-state index in [-0.39, 0.29) is 0 Å². The Bertz CT molecular complexity index is 1170. The molecule has 0 fully saturated rings. The second kappa shape index (κ2) is 18.4. The van der Waals surface area contributed by atoms with Gasteiger partial charge in [-0.05, 0) is 61.4 Å². The molecular formula is C35H50N2O4Si. The number of benzene rings is 2. The predicted molar refractivity (Wildman–Crippen MR) is 174 cm³/mol. The number of esters is 1. The molecular weight excluding hydrogens is 540 g/mol. The van der Waals surface area contributed by atoms with Gasteiger partial charge in [0.1, 0.15) is 11.5 Å². The zero-order valence-corrected chi connectivity index (χ0v) is 27.2. The van der Waals surface area contributed by atoms with Crippen LogP contribution in [-0.4, -0.2) is 37.2 Å². The van der Waals surface area contributed by atoms with Gasteiger partial charge in [-0.15, -0.1) is 0 Å². The van der Waals surface area contributed by atoms with Gasteiger partial charge in [-0.2, -0.15) is 0 Å². The lowest BCUT2D eigenvalue weighted by Gasteiger charge is -2.21. The van der Waals surface area contributed by atoms with Crippen molar-refractivity contribution in [2.45, 2.75) is 103 Å². The van der Waals surface area contributed by atoms with Crippen molar-refractivity contribution in [1.82, 2.24) is 9.97 Å². The summed E-state index contributed by atoms with van der Waals surface area (Å²) in [7, 11) is -1.05. The maximum atomic E-state index is 12.6. The highest BCUT2D eigenvalue weighted by molar-refractivity contribution is 6.77. The molecule has 0 aliphatic heterocycles. The van der Waals surface area contributed by atoms with E-state index in [1.54, 1.807) is 36.7 Å². The quantitative estimate of drug-likeness (QED) is 0.0564. The number of hydrogen-bond acceptors (Lipinski definition) is 6.